The normalized spacial score (nSPS) is 18.6. The van der Waals surface area contributed by atoms with Crippen molar-refractivity contribution in [3.8, 4) is 0 Å². The maximum Gasteiger partial charge on any atom is 0.249 e. The van der Waals surface area contributed by atoms with Gasteiger partial charge >= 0.3 is 0 Å². The highest BCUT2D eigenvalue weighted by Crippen LogP contribution is 2.18. The number of aliphatic hydroxyl groups excluding tert-OH is 2. The van der Waals surface area contributed by atoms with Gasteiger partial charge in [-0.25, -0.2) is 0 Å². The van der Waals surface area contributed by atoms with Crippen molar-refractivity contribution in [2.24, 2.45) is 0 Å². The molecule has 0 spiro atoms. The van der Waals surface area contributed by atoms with Gasteiger partial charge in [0.2, 0.25) is 5.91 Å². The van der Waals surface area contributed by atoms with Gasteiger partial charge in [0, 0.05) is 19.6 Å². The van der Waals surface area contributed by atoms with Gasteiger partial charge in [-0.15, -0.1) is 0 Å². The van der Waals surface area contributed by atoms with Crippen molar-refractivity contribution >= 4 is 5.91 Å². The average Bonchev–Trinajstić information content (AvgIpc) is 2.71. The molecule has 1 saturated heterocycles. The SMILES string of the molecule is CCCCCCC(O)C(=O)N[C@@H](CN1CCOCC1)[C@@H](O)c1ccccc1. The summed E-state index contributed by atoms with van der Waals surface area (Å²) in [6.45, 7) is 5.50. The first kappa shape index (κ1) is 21.8. The van der Waals surface area contributed by atoms with Crippen molar-refractivity contribution in [1.29, 1.82) is 0 Å². The molecule has 1 aliphatic rings. The van der Waals surface area contributed by atoms with Gasteiger partial charge in [0.1, 0.15) is 12.2 Å². The number of carbonyl (C=O) groups is 1. The predicted molar refractivity (Wildman–Crippen MR) is 105 cm³/mol. The van der Waals surface area contributed by atoms with E-state index < -0.39 is 24.2 Å². The summed E-state index contributed by atoms with van der Waals surface area (Å²) in [6, 6.07) is 8.85. The van der Waals surface area contributed by atoms with Crippen LogP contribution in [0, 0.1) is 0 Å². The largest absolute Gasteiger partial charge is 0.386 e. The Hall–Kier alpha value is -1.47. The number of nitrogens with one attached hydrogen (secondary N) is 1. The first-order chi connectivity index (χ1) is 13.1. The van der Waals surface area contributed by atoms with Crippen LogP contribution in [0.4, 0.5) is 0 Å². The second-order valence-electron chi connectivity index (χ2n) is 7.25. The van der Waals surface area contributed by atoms with Gasteiger partial charge in [0.15, 0.2) is 0 Å². The minimum absolute atomic E-state index is 0.403. The van der Waals surface area contributed by atoms with Crippen molar-refractivity contribution in [3.05, 3.63) is 35.9 Å². The number of amides is 1. The zero-order valence-corrected chi connectivity index (χ0v) is 16.3. The summed E-state index contributed by atoms with van der Waals surface area (Å²) in [5, 5.41) is 23.9. The van der Waals surface area contributed by atoms with Crippen LogP contribution in [0.2, 0.25) is 0 Å². The molecule has 0 aliphatic carbocycles. The summed E-state index contributed by atoms with van der Waals surface area (Å²) in [5.74, 6) is -0.403. The molecule has 1 heterocycles. The highest BCUT2D eigenvalue weighted by atomic mass is 16.5. The Morgan fingerprint density at radius 1 is 1.15 bits per heavy atom. The van der Waals surface area contributed by atoms with Crippen LogP contribution in [-0.2, 0) is 9.53 Å². The highest BCUT2D eigenvalue weighted by molar-refractivity contribution is 5.80. The summed E-state index contributed by atoms with van der Waals surface area (Å²) in [6.07, 6.45) is 2.68. The number of hydrogen-bond acceptors (Lipinski definition) is 5. The summed E-state index contributed by atoms with van der Waals surface area (Å²) >= 11 is 0. The molecule has 1 aromatic rings. The third kappa shape index (κ3) is 7.58. The third-order valence-electron chi connectivity index (χ3n) is 5.04. The number of nitrogens with zero attached hydrogens (tertiary/aromatic N) is 1. The molecule has 2 rings (SSSR count). The van der Waals surface area contributed by atoms with Gasteiger partial charge in [-0.05, 0) is 12.0 Å². The molecular weight excluding hydrogens is 344 g/mol. The van der Waals surface area contributed by atoms with Gasteiger partial charge in [0.05, 0.1) is 19.3 Å². The molecule has 1 aliphatic heterocycles. The van der Waals surface area contributed by atoms with Crippen molar-refractivity contribution in [2.45, 2.75) is 57.3 Å². The Labute approximate surface area is 162 Å². The van der Waals surface area contributed by atoms with E-state index in [1.807, 2.05) is 30.3 Å². The molecule has 0 bridgehead atoms. The van der Waals surface area contributed by atoms with Crippen LogP contribution in [0.15, 0.2) is 30.3 Å². The van der Waals surface area contributed by atoms with Crippen molar-refractivity contribution in [2.75, 3.05) is 32.8 Å². The third-order valence-corrected chi connectivity index (χ3v) is 5.04. The fourth-order valence-corrected chi connectivity index (χ4v) is 3.34. The number of benzene rings is 1. The van der Waals surface area contributed by atoms with Crippen molar-refractivity contribution < 1.29 is 19.7 Å². The molecule has 6 heteroatoms. The second kappa shape index (κ2) is 12.1. The molecule has 0 radical (unpaired) electrons. The number of hydrogen-bond donors (Lipinski definition) is 3. The van der Waals surface area contributed by atoms with Crippen molar-refractivity contribution in [1.82, 2.24) is 10.2 Å². The fraction of sp³-hybridized carbons (Fsp3) is 0.667. The first-order valence-corrected chi connectivity index (χ1v) is 10.1. The standard InChI is InChI=1S/C21H34N2O4/c1-2-3-4-8-11-19(24)21(26)22-18(16-23-12-14-27-15-13-23)20(25)17-9-6-5-7-10-17/h5-7,9-10,18-20,24-25H,2-4,8,11-16H2,1H3,(H,22,26)/t18-,19?,20-/m0/s1. The molecule has 1 aromatic carbocycles. The molecule has 1 unspecified atom stereocenters. The van der Waals surface area contributed by atoms with Crippen LogP contribution in [0.25, 0.3) is 0 Å². The average molecular weight is 379 g/mol. The number of morpholine rings is 1. The van der Waals surface area contributed by atoms with Crippen LogP contribution < -0.4 is 5.32 Å². The zero-order chi connectivity index (χ0) is 19.5. The summed E-state index contributed by atoms with van der Waals surface area (Å²) < 4.78 is 5.38. The zero-order valence-electron chi connectivity index (χ0n) is 16.3. The Morgan fingerprint density at radius 2 is 1.85 bits per heavy atom. The molecule has 0 saturated carbocycles. The van der Waals surface area contributed by atoms with Gasteiger partial charge in [-0.1, -0.05) is 62.9 Å². The molecule has 3 atom stereocenters. The molecule has 1 amide bonds. The smallest absolute Gasteiger partial charge is 0.249 e. The minimum Gasteiger partial charge on any atom is -0.386 e. The lowest BCUT2D eigenvalue weighted by Gasteiger charge is -2.33. The van der Waals surface area contributed by atoms with E-state index in [-0.39, 0.29) is 0 Å². The van der Waals surface area contributed by atoms with Crippen LogP contribution in [0.5, 0.6) is 0 Å². The van der Waals surface area contributed by atoms with Gasteiger partial charge in [0.25, 0.3) is 0 Å². The van der Waals surface area contributed by atoms with Crippen LogP contribution in [0.1, 0.15) is 50.7 Å². The lowest BCUT2D eigenvalue weighted by atomic mass is 10.0. The molecule has 0 aromatic heterocycles. The molecule has 27 heavy (non-hydrogen) atoms. The molecular formula is C21H34N2O4. The molecule has 1 fully saturated rings. The minimum atomic E-state index is -1.03. The number of unbranched alkanes of at least 4 members (excludes halogenated alkanes) is 3. The monoisotopic (exact) mass is 378 g/mol. The Morgan fingerprint density at radius 3 is 2.52 bits per heavy atom. The van der Waals surface area contributed by atoms with E-state index in [0.717, 1.165) is 44.3 Å². The molecule has 152 valence electrons. The van der Waals surface area contributed by atoms with E-state index in [4.69, 9.17) is 4.74 Å². The van der Waals surface area contributed by atoms with Gasteiger partial charge in [-0.3, -0.25) is 9.69 Å². The Kier molecular flexibility index (Phi) is 9.77. The lowest BCUT2D eigenvalue weighted by Crippen LogP contribution is -2.52. The van der Waals surface area contributed by atoms with E-state index in [2.05, 4.69) is 17.1 Å². The summed E-state index contributed by atoms with van der Waals surface area (Å²) in [7, 11) is 0. The number of rotatable bonds is 11. The van der Waals surface area contributed by atoms with Crippen LogP contribution in [-0.4, -0.2) is 66.0 Å². The summed E-state index contributed by atoms with van der Waals surface area (Å²) in [4.78, 5) is 14.7. The van der Waals surface area contributed by atoms with Crippen molar-refractivity contribution in [3.63, 3.8) is 0 Å². The highest BCUT2D eigenvalue weighted by Gasteiger charge is 2.28. The lowest BCUT2D eigenvalue weighted by molar-refractivity contribution is -0.131. The van der Waals surface area contributed by atoms with Crippen LogP contribution in [0.3, 0.4) is 0 Å². The second-order valence-corrected chi connectivity index (χ2v) is 7.25. The molecule has 6 nitrogen and oxygen atoms in total. The van der Waals surface area contributed by atoms with Crippen LogP contribution >= 0.6 is 0 Å². The Bertz CT molecular complexity index is 534. The maximum atomic E-state index is 12.5. The number of aliphatic hydroxyl groups is 2. The number of carbonyl (C=O) groups excluding carboxylic acids is 1. The maximum absolute atomic E-state index is 12.5. The van der Waals surface area contributed by atoms with E-state index >= 15 is 0 Å². The first-order valence-electron chi connectivity index (χ1n) is 10.1. The fourth-order valence-electron chi connectivity index (χ4n) is 3.34. The van der Waals surface area contributed by atoms with Gasteiger partial charge in [-0.2, -0.15) is 0 Å². The van der Waals surface area contributed by atoms with E-state index in [9.17, 15) is 15.0 Å². The van der Waals surface area contributed by atoms with Gasteiger partial charge < -0.3 is 20.3 Å². The predicted octanol–water partition coefficient (Wildman–Crippen LogP) is 1.87. The number of ether oxygens (including phenoxy) is 1. The Balaban J connectivity index is 1.96. The van der Waals surface area contributed by atoms with E-state index in [0.29, 0.717) is 26.2 Å². The topological polar surface area (TPSA) is 82.0 Å². The molecule has 3 N–H and O–H groups in total. The summed E-state index contributed by atoms with van der Waals surface area (Å²) in [5.41, 5.74) is 0.758. The quantitative estimate of drug-likeness (QED) is 0.512. The van der Waals surface area contributed by atoms with E-state index in [1.54, 1.807) is 0 Å². The van der Waals surface area contributed by atoms with E-state index in [1.165, 1.54) is 0 Å².